The maximum Gasteiger partial charge on any atom is 0.136 e. The second-order valence-electron chi connectivity index (χ2n) is 7.03. The zero-order valence-electron chi connectivity index (χ0n) is 13.2. The van der Waals surface area contributed by atoms with Crippen molar-refractivity contribution in [3.8, 4) is 0 Å². The molecule has 0 bridgehead atoms. The Bertz CT molecular complexity index is 301. The minimum Gasteiger partial charge on any atom is -0.313 e. The van der Waals surface area contributed by atoms with Crippen molar-refractivity contribution >= 4 is 5.78 Å². The van der Waals surface area contributed by atoms with Gasteiger partial charge in [-0.15, -0.1) is 0 Å². The number of carbonyl (C=O) groups excluding carboxylic acids is 1. The summed E-state index contributed by atoms with van der Waals surface area (Å²) in [5.41, 5.74) is -0.796. The van der Waals surface area contributed by atoms with Crippen molar-refractivity contribution in [3.05, 3.63) is 0 Å². The SMILES string of the molecule is CCCCCCCCC1(C)CC(=O)CC(C)(C)N1O. The second kappa shape index (κ2) is 6.85. The highest BCUT2D eigenvalue weighted by atomic mass is 16.5. The maximum absolute atomic E-state index is 11.9. The molecule has 1 heterocycles. The van der Waals surface area contributed by atoms with Crippen LogP contribution in [0.3, 0.4) is 0 Å². The quantitative estimate of drug-likeness (QED) is 0.699. The highest BCUT2D eigenvalue weighted by Gasteiger charge is 2.46. The number of nitrogens with zero attached hydrogens (tertiary/aromatic N) is 1. The third-order valence-corrected chi connectivity index (χ3v) is 4.36. The number of rotatable bonds is 7. The summed E-state index contributed by atoms with van der Waals surface area (Å²) in [6.07, 6.45) is 9.31. The molecule has 1 N–H and O–H groups in total. The number of Topliss-reactive ketones (excluding diaryl/α,β-unsaturated/α-hetero) is 1. The lowest BCUT2D eigenvalue weighted by molar-refractivity contribution is -0.244. The normalized spacial score (nSPS) is 27.7. The molecular formula is C16H31NO2. The molecule has 19 heavy (non-hydrogen) atoms. The Hall–Kier alpha value is -0.410. The molecule has 1 atom stereocenters. The van der Waals surface area contributed by atoms with Gasteiger partial charge in [-0.3, -0.25) is 4.79 Å². The Labute approximate surface area is 118 Å². The molecule has 0 aromatic rings. The van der Waals surface area contributed by atoms with Gasteiger partial charge in [0.25, 0.3) is 0 Å². The third kappa shape index (κ3) is 4.57. The van der Waals surface area contributed by atoms with Crippen molar-refractivity contribution in [2.24, 2.45) is 0 Å². The van der Waals surface area contributed by atoms with Crippen LogP contribution in [0.4, 0.5) is 0 Å². The fourth-order valence-electron chi connectivity index (χ4n) is 3.33. The zero-order valence-corrected chi connectivity index (χ0v) is 13.2. The lowest BCUT2D eigenvalue weighted by Crippen LogP contribution is -2.60. The van der Waals surface area contributed by atoms with Crippen LogP contribution in [-0.2, 0) is 4.79 Å². The van der Waals surface area contributed by atoms with Crippen LogP contribution in [0.15, 0.2) is 0 Å². The number of carbonyl (C=O) groups is 1. The van der Waals surface area contributed by atoms with Gasteiger partial charge in [0.1, 0.15) is 5.78 Å². The monoisotopic (exact) mass is 269 g/mol. The molecule has 1 saturated heterocycles. The molecule has 1 aliphatic rings. The molecule has 0 amide bonds. The Morgan fingerprint density at radius 3 is 2.26 bits per heavy atom. The van der Waals surface area contributed by atoms with Gasteiger partial charge in [0, 0.05) is 18.4 Å². The van der Waals surface area contributed by atoms with Crippen molar-refractivity contribution in [1.29, 1.82) is 0 Å². The van der Waals surface area contributed by atoms with E-state index in [0.29, 0.717) is 12.8 Å². The number of unbranched alkanes of at least 4 members (excludes halogenated alkanes) is 5. The molecule has 0 radical (unpaired) electrons. The van der Waals surface area contributed by atoms with Gasteiger partial charge in [-0.1, -0.05) is 45.4 Å². The fraction of sp³-hybridized carbons (Fsp3) is 0.938. The van der Waals surface area contributed by atoms with Crippen LogP contribution < -0.4 is 0 Å². The third-order valence-electron chi connectivity index (χ3n) is 4.36. The van der Waals surface area contributed by atoms with Gasteiger partial charge in [-0.05, 0) is 27.2 Å². The van der Waals surface area contributed by atoms with Gasteiger partial charge in [-0.25, -0.2) is 0 Å². The van der Waals surface area contributed by atoms with E-state index in [1.165, 1.54) is 37.2 Å². The summed E-state index contributed by atoms with van der Waals surface area (Å²) in [7, 11) is 0. The Morgan fingerprint density at radius 2 is 1.63 bits per heavy atom. The van der Waals surface area contributed by atoms with Gasteiger partial charge in [-0.2, -0.15) is 5.06 Å². The zero-order chi connectivity index (χ0) is 14.5. The molecule has 3 heteroatoms. The minimum absolute atomic E-state index is 0.281. The van der Waals surface area contributed by atoms with E-state index in [1.54, 1.807) is 0 Å². The topological polar surface area (TPSA) is 40.5 Å². The molecule has 0 aliphatic carbocycles. The first kappa shape index (κ1) is 16.6. The van der Waals surface area contributed by atoms with Crippen LogP contribution in [-0.4, -0.2) is 27.1 Å². The highest BCUT2D eigenvalue weighted by Crippen LogP contribution is 2.38. The van der Waals surface area contributed by atoms with E-state index < -0.39 is 5.54 Å². The molecule has 1 rings (SSSR count). The van der Waals surface area contributed by atoms with Gasteiger partial charge in [0.05, 0.1) is 5.54 Å². The largest absolute Gasteiger partial charge is 0.313 e. The summed E-state index contributed by atoms with van der Waals surface area (Å²) in [6, 6.07) is 0. The van der Waals surface area contributed by atoms with Crippen LogP contribution in [0, 0.1) is 0 Å². The Morgan fingerprint density at radius 1 is 1.05 bits per heavy atom. The molecule has 3 nitrogen and oxygen atoms in total. The summed E-state index contributed by atoms with van der Waals surface area (Å²) in [5, 5.41) is 11.8. The lowest BCUT2D eigenvalue weighted by atomic mass is 9.77. The maximum atomic E-state index is 11.9. The van der Waals surface area contributed by atoms with Crippen molar-refractivity contribution < 1.29 is 10.0 Å². The standard InChI is InChI=1S/C16H31NO2/c1-5-6-7-8-9-10-11-16(4)13-14(18)12-15(2,3)17(16)19/h19H,5-13H2,1-4H3. The number of ketones is 1. The number of hydrogen-bond acceptors (Lipinski definition) is 3. The van der Waals surface area contributed by atoms with Crippen molar-refractivity contribution in [1.82, 2.24) is 5.06 Å². The van der Waals surface area contributed by atoms with Crippen LogP contribution in [0.2, 0.25) is 0 Å². The Kier molecular flexibility index (Phi) is 6.00. The molecule has 0 saturated carbocycles. The van der Waals surface area contributed by atoms with Gasteiger partial charge in [0.15, 0.2) is 0 Å². The van der Waals surface area contributed by atoms with E-state index >= 15 is 0 Å². The summed E-state index contributed by atoms with van der Waals surface area (Å²) in [4.78, 5) is 11.9. The van der Waals surface area contributed by atoms with Crippen molar-refractivity contribution in [3.63, 3.8) is 0 Å². The van der Waals surface area contributed by atoms with Crippen LogP contribution >= 0.6 is 0 Å². The first-order valence-corrected chi connectivity index (χ1v) is 7.83. The van der Waals surface area contributed by atoms with Crippen molar-refractivity contribution in [2.75, 3.05) is 0 Å². The van der Waals surface area contributed by atoms with Gasteiger partial charge < -0.3 is 5.21 Å². The average molecular weight is 269 g/mol. The summed E-state index contributed by atoms with van der Waals surface area (Å²) < 4.78 is 0. The molecule has 1 unspecified atom stereocenters. The van der Waals surface area contributed by atoms with E-state index in [0.717, 1.165) is 12.8 Å². The average Bonchev–Trinajstić information content (AvgIpc) is 2.30. The van der Waals surface area contributed by atoms with Gasteiger partial charge in [0.2, 0.25) is 0 Å². The molecular weight excluding hydrogens is 238 g/mol. The van der Waals surface area contributed by atoms with Crippen LogP contribution in [0.1, 0.15) is 85.5 Å². The molecule has 0 aromatic carbocycles. The van der Waals surface area contributed by atoms with E-state index in [4.69, 9.17) is 0 Å². The van der Waals surface area contributed by atoms with Crippen molar-refractivity contribution in [2.45, 2.75) is 96.6 Å². The first-order chi connectivity index (χ1) is 8.82. The first-order valence-electron chi connectivity index (χ1n) is 7.83. The summed E-state index contributed by atoms with van der Waals surface area (Å²) in [6.45, 7) is 8.14. The molecule has 0 aromatic heterocycles. The molecule has 0 spiro atoms. The molecule has 1 aliphatic heterocycles. The molecule has 112 valence electrons. The predicted molar refractivity (Wildman–Crippen MR) is 78.3 cm³/mol. The van der Waals surface area contributed by atoms with E-state index in [-0.39, 0.29) is 11.3 Å². The van der Waals surface area contributed by atoms with Gasteiger partial charge >= 0.3 is 0 Å². The number of piperidine rings is 1. The lowest BCUT2D eigenvalue weighted by Gasteiger charge is -2.49. The second-order valence-corrected chi connectivity index (χ2v) is 7.03. The number of hydroxylamine groups is 2. The summed E-state index contributed by atoms with van der Waals surface area (Å²) >= 11 is 0. The molecule has 1 fully saturated rings. The van der Waals surface area contributed by atoms with Crippen LogP contribution in [0.25, 0.3) is 0 Å². The van der Waals surface area contributed by atoms with E-state index in [2.05, 4.69) is 6.92 Å². The predicted octanol–water partition coefficient (Wildman–Crippen LogP) is 4.33. The number of hydrogen-bond donors (Lipinski definition) is 1. The summed E-state index contributed by atoms with van der Waals surface area (Å²) in [5.74, 6) is 0.281. The minimum atomic E-state index is -0.424. The Balaban J connectivity index is 2.43. The highest BCUT2D eigenvalue weighted by molar-refractivity contribution is 5.81. The smallest absolute Gasteiger partial charge is 0.136 e. The van der Waals surface area contributed by atoms with E-state index in [1.807, 2.05) is 20.8 Å². The van der Waals surface area contributed by atoms with E-state index in [9.17, 15) is 10.0 Å². The fourth-order valence-corrected chi connectivity index (χ4v) is 3.33. The van der Waals surface area contributed by atoms with Crippen LogP contribution in [0.5, 0.6) is 0 Å².